The monoisotopic (exact) mass is 300 g/mol. The Morgan fingerprint density at radius 1 is 1.14 bits per heavy atom. The fraction of sp³-hybridized carbons (Fsp3) is 0.118. The van der Waals surface area contributed by atoms with Crippen molar-refractivity contribution < 1.29 is 4.39 Å². The second-order valence-electron chi connectivity index (χ2n) is 4.82. The molecule has 1 aromatic heterocycles. The normalized spacial score (nSPS) is 12.5. The molecule has 21 heavy (non-hydrogen) atoms. The molecule has 0 bridgehead atoms. The molecular formula is C17H14ClFN2. The number of halogens is 2. The fourth-order valence-electron chi connectivity index (χ4n) is 2.55. The van der Waals surface area contributed by atoms with Crippen LogP contribution in [0.25, 0.3) is 10.9 Å². The summed E-state index contributed by atoms with van der Waals surface area (Å²) in [6.07, 6.45) is 1.76. The average molecular weight is 301 g/mol. The fourth-order valence-corrected chi connectivity index (χ4v) is 2.67. The number of rotatable bonds is 3. The number of hydrogen-bond donors (Lipinski definition) is 1. The van der Waals surface area contributed by atoms with Crippen LogP contribution in [0.2, 0.25) is 5.02 Å². The van der Waals surface area contributed by atoms with Crippen molar-refractivity contribution in [3.8, 4) is 0 Å². The molecule has 0 saturated carbocycles. The summed E-state index contributed by atoms with van der Waals surface area (Å²) >= 11 is 5.76. The van der Waals surface area contributed by atoms with Crippen LogP contribution in [0, 0.1) is 5.82 Å². The Morgan fingerprint density at radius 2 is 1.95 bits per heavy atom. The van der Waals surface area contributed by atoms with Gasteiger partial charge in [0.1, 0.15) is 5.82 Å². The van der Waals surface area contributed by atoms with Crippen LogP contribution in [-0.2, 0) is 0 Å². The van der Waals surface area contributed by atoms with Gasteiger partial charge in [-0.05, 0) is 36.4 Å². The van der Waals surface area contributed by atoms with E-state index < -0.39 is 5.82 Å². The van der Waals surface area contributed by atoms with Gasteiger partial charge in [-0.15, -0.1) is 0 Å². The number of fused-ring (bicyclic) bond motifs is 1. The molecule has 106 valence electrons. The summed E-state index contributed by atoms with van der Waals surface area (Å²) in [4.78, 5) is 4.46. The van der Waals surface area contributed by atoms with Gasteiger partial charge in [0.05, 0.1) is 16.6 Å². The Morgan fingerprint density at radius 3 is 2.71 bits per heavy atom. The van der Waals surface area contributed by atoms with Crippen molar-refractivity contribution in [1.82, 2.24) is 10.3 Å². The summed E-state index contributed by atoms with van der Waals surface area (Å²) in [5, 5.41) is 4.41. The standard InChI is InChI=1S/C17H14ClFN2/c1-20-16(12-7-8-14(18)15(19)10-12)13-6-2-4-11-5-3-9-21-17(11)13/h2-10,16,20H,1H3. The van der Waals surface area contributed by atoms with E-state index in [1.54, 1.807) is 12.3 Å². The van der Waals surface area contributed by atoms with Gasteiger partial charge in [-0.3, -0.25) is 4.98 Å². The molecule has 2 nitrogen and oxygen atoms in total. The quantitative estimate of drug-likeness (QED) is 0.778. The van der Waals surface area contributed by atoms with E-state index in [0.717, 1.165) is 22.0 Å². The number of benzene rings is 2. The molecule has 0 spiro atoms. The Labute approximate surface area is 127 Å². The Bertz CT molecular complexity index is 783. The third-order valence-electron chi connectivity index (χ3n) is 3.54. The average Bonchev–Trinajstić information content (AvgIpc) is 2.52. The van der Waals surface area contributed by atoms with Crippen LogP contribution in [-0.4, -0.2) is 12.0 Å². The number of hydrogen-bond acceptors (Lipinski definition) is 2. The summed E-state index contributed by atoms with van der Waals surface area (Å²) in [6, 6.07) is 14.6. The molecule has 3 rings (SSSR count). The molecule has 0 aliphatic rings. The van der Waals surface area contributed by atoms with Crippen molar-refractivity contribution in [3.63, 3.8) is 0 Å². The number of nitrogens with one attached hydrogen (secondary N) is 1. The van der Waals surface area contributed by atoms with Crippen molar-refractivity contribution in [2.45, 2.75) is 6.04 Å². The molecule has 0 aliphatic heterocycles. The van der Waals surface area contributed by atoms with E-state index in [4.69, 9.17) is 11.6 Å². The van der Waals surface area contributed by atoms with E-state index in [2.05, 4.69) is 10.3 Å². The molecule has 1 atom stereocenters. The first-order valence-electron chi connectivity index (χ1n) is 6.66. The van der Waals surface area contributed by atoms with Gasteiger partial charge in [0.25, 0.3) is 0 Å². The highest BCUT2D eigenvalue weighted by Crippen LogP contribution is 2.29. The number of nitrogens with zero attached hydrogens (tertiary/aromatic N) is 1. The van der Waals surface area contributed by atoms with Crippen molar-refractivity contribution >= 4 is 22.5 Å². The lowest BCUT2D eigenvalue weighted by atomic mass is 9.96. The molecule has 0 aliphatic carbocycles. The molecule has 0 amide bonds. The second-order valence-corrected chi connectivity index (χ2v) is 5.22. The predicted molar refractivity (Wildman–Crippen MR) is 84.1 cm³/mol. The highest BCUT2D eigenvalue weighted by Gasteiger charge is 2.16. The lowest BCUT2D eigenvalue weighted by molar-refractivity contribution is 0.617. The summed E-state index contributed by atoms with van der Waals surface area (Å²) < 4.78 is 13.7. The first-order valence-corrected chi connectivity index (χ1v) is 7.04. The molecule has 1 N–H and O–H groups in total. The van der Waals surface area contributed by atoms with E-state index in [9.17, 15) is 4.39 Å². The maximum atomic E-state index is 13.7. The van der Waals surface area contributed by atoms with E-state index in [1.165, 1.54) is 6.07 Å². The van der Waals surface area contributed by atoms with Crippen LogP contribution in [0.3, 0.4) is 0 Å². The van der Waals surface area contributed by atoms with Gasteiger partial charge in [0.2, 0.25) is 0 Å². The van der Waals surface area contributed by atoms with Crippen molar-refractivity contribution in [2.75, 3.05) is 7.05 Å². The summed E-state index contributed by atoms with van der Waals surface area (Å²) in [5.41, 5.74) is 2.74. The van der Waals surface area contributed by atoms with Crippen molar-refractivity contribution in [1.29, 1.82) is 0 Å². The van der Waals surface area contributed by atoms with Crippen LogP contribution in [0.4, 0.5) is 4.39 Å². The third-order valence-corrected chi connectivity index (χ3v) is 3.85. The van der Waals surface area contributed by atoms with Gasteiger partial charge in [-0.2, -0.15) is 0 Å². The zero-order valence-electron chi connectivity index (χ0n) is 11.5. The van der Waals surface area contributed by atoms with Crippen molar-refractivity contribution in [3.05, 3.63) is 76.7 Å². The van der Waals surface area contributed by atoms with Gasteiger partial charge < -0.3 is 5.32 Å². The predicted octanol–water partition coefficient (Wildman–Crippen LogP) is 4.34. The minimum absolute atomic E-state index is 0.129. The molecule has 3 aromatic rings. The smallest absolute Gasteiger partial charge is 0.142 e. The van der Waals surface area contributed by atoms with E-state index in [-0.39, 0.29) is 11.1 Å². The van der Waals surface area contributed by atoms with Crippen molar-refractivity contribution in [2.24, 2.45) is 0 Å². The van der Waals surface area contributed by atoms with Gasteiger partial charge in [0, 0.05) is 11.6 Å². The molecule has 0 fully saturated rings. The Hall–Kier alpha value is -1.97. The topological polar surface area (TPSA) is 24.9 Å². The third kappa shape index (κ3) is 2.62. The van der Waals surface area contributed by atoms with Gasteiger partial charge in [-0.1, -0.05) is 41.9 Å². The van der Waals surface area contributed by atoms with E-state index in [1.807, 2.05) is 43.4 Å². The van der Waals surface area contributed by atoms with Crippen LogP contribution < -0.4 is 5.32 Å². The molecule has 1 unspecified atom stereocenters. The summed E-state index contributed by atoms with van der Waals surface area (Å²) in [7, 11) is 1.85. The summed E-state index contributed by atoms with van der Waals surface area (Å²) in [6.45, 7) is 0. The lowest BCUT2D eigenvalue weighted by Crippen LogP contribution is -2.18. The molecule has 2 aromatic carbocycles. The van der Waals surface area contributed by atoms with Gasteiger partial charge >= 0.3 is 0 Å². The Kier molecular flexibility index (Phi) is 3.86. The first-order chi connectivity index (χ1) is 10.2. The zero-order valence-corrected chi connectivity index (χ0v) is 12.2. The Balaban J connectivity index is 2.16. The molecule has 4 heteroatoms. The van der Waals surface area contributed by atoms with E-state index in [0.29, 0.717) is 0 Å². The molecule has 0 saturated heterocycles. The summed E-state index contributed by atoms with van der Waals surface area (Å²) in [5.74, 6) is -0.414. The number of aromatic nitrogens is 1. The maximum absolute atomic E-state index is 13.7. The maximum Gasteiger partial charge on any atom is 0.142 e. The van der Waals surface area contributed by atoms with E-state index >= 15 is 0 Å². The molecule has 0 radical (unpaired) electrons. The molecule has 1 heterocycles. The largest absolute Gasteiger partial charge is 0.309 e. The minimum Gasteiger partial charge on any atom is -0.309 e. The van der Waals surface area contributed by atoms with Crippen LogP contribution in [0.5, 0.6) is 0 Å². The molecular weight excluding hydrogens is 287 g/mol. The number of pyridine rings is 1. The lowest BCUT2D eigenvalue weighted by Gasteiger charge is -2.19. The SMILES string of the molecule is CNC(c1ccc(Cl)c(F)c1)c1cccc2cccnc12. The van der Waals surface area contributed by atoms with Crippen LogP contribution in [0.15, 0.2) is 54.7 Å². The first kappa shape index (κ1) is 14.0. The number of para-hydroxylation sites is 1. The minimum atomic E-state index is -0.414. The van der Waals surface area contributed by atoms with Gasteiger partial charge in [-0.25, -0.2) is 4.39 Å². The van der Waals surface area contributed by atoms with Crippen LogP contribution in [0.1, 0.15) is 17.2 Å². The highest BCUT2D eigenvalue weighted by atomic mass is 35.5. The van der Waals surface area contributed by atoms with Crippen LogP contribution >= 0.6 is 11.6 Å². The zero-order chi connectivity index (χ0) is 14.8. The highest BCUT2D eigenvalue weighted by molar-refractivity contribution is 6.30. The van der Waals surface area contributed by atoms with Gasteiger partial charge in [0.15, 0.2) is 0 Å². The second kappa shape index (κ2) is 5.80.